The summed E-state index contributed by atoms with van der Waals surface area (Å²) in [6, 6.07) is 9.18. The molecule has 1 N–H and O–H groups in total. The van der Waals surface area contributed by atoms with Crippen molar-refractivity contribution < 1.29 is 28.7 Å². The molecule has 2 aromatic rings. The van der Waals surface area contributed by atoms with Gasteiger partial charge in [0.2, 0.25) is 18.6 Å². The number of nitrogens with one attached hydrogen (secondary N) is 1. The molecule has 0 aromatic heterocycles. The summed E-state index contributed by atoms with van der Waals surface area (Å²) in [5.41, 5.74) is 0.886. The van der Waals surface area contributed by atoms with Crippen molar-refractivity contribution in [2.75, 3.05) is 12.1 Å². The highest BCUT2D eigenvalue weighted by Crippen LogP contribution is 2.39. The number of ether oxygens (including phenoxy) is 3. The quantitative estimate of drug-likeness (QED) is 0.364. The zero-order valence-corrected chi connectivity index (χ0v) is 15.0. The first-order valence-corrected chi connectivity index (χ1v) is 8.39. The zero-order valence-electron chi connectivity index (χ0n) is 15.0. The Morgan fingerprint density at radius 1 is 1.21 bits per heavy atom. The molecule has 0 saturated carbocycles. The number of fused-ring (bicyclic) bond motifs is 1. The van der Waals surface area contributed by atoms with Gasteiger partial charge >= 0.3 is 5.97 Å². The molecule has 1 amide bonds. The van der Waals surface area contributed by atoms with Crippen LogP contribution in [-0.4, -0.2) is 29.5 Å². The van der Waals surface area contributed by atoms with Crippen molar-refractivity contribution in [1.29, 1.82) is 0 Å². The monoisotopic (exact) mass is 395 g/mol. The Kier molecular flexibility index (Phi) is 4.43. The van der Waals surface area contributed by atoms with E-state index in [4.69, 9.17) is 14.2 Å². The number of nitro benzene ring substituents is 1. The van der Waals surface area contributed by atoms with E-state index in [1.807, 2.05) is 0 Å². The molecule has 10 nitrogen and oxygen atoms in total. The Labute approximate surface area is 163 Å². The number of benzene rings is 2. The second-order valence-corrected chi connectivity index (χ2v) is 6.12. The van der Waals surface area contributed by atoms with Crippen molar-refractivity contribution in [1.82, 2.24) is 0 Å². The first-order valence-electron chi connectivity index (χ1n) is 8.39. The molecule has 146 valence electrons. The fraction of sp³-hybridized carbons (Fsp3) is 0.105. The van der Waals surface area contributed by atoms with Crippen LogP contribution in [0.4, 0.5) is 11.4 Å². The molecule has 0 atom stereocenters. The SMILES string of the molecule is CC(=O)Nc1ccc(C2=N/C(=C/c3cc4c(cc3[N+](=O)[O-])OCO4)C(=O)O2)cc1. The molecule has 0 saturated heterocycles. The lowest BCUT2D eigenvalue weighted by Crippen LogP contribution is -2.07. The average molecular weight is 395 g/mol. The van der Waals surface area contributed by atoms with Gasteiger partial charge in [0.25, 0.3) is 5.69 Å². The van der Waals surface area contributed by atoms with Gasteiger partial charge in [0, 0.05) is 18.2 Å². The number of nitro groups is 1. The highest BCUT2D eigenvalue weighted by atomic mass is 16.7. The van der Waals surface area contributed by atoms with Crippen LogP contribution in [0.2, 0.25) is 0 Å². The van der Waals surface area contributed by atoms with E-state index in [1.54, 1.807) is 24.3 Å². The number of hydrogen-bond acceptors (Lipinski definition) is 8. The third-order valence-corrected chi connectivity index (χ3v) is 4.08. The summed E-state index contributed by atoms with van der Waals surface area (Å²) in [5.74, 6) is -0.294. The van der Waals surface area contributed by atoms with E-state index in [9.17, 15) is 19.7 Å². The topological polar surface area (TPSA) is 129 Å². The standard InChI is InChI=1S/C19H13N3O7/c1-10(23)20-13-4-2-11(3-5-13)18-21-14(19(24)29-18)6-12-7-16-17(28-9-27-16)8-15(12)22(25)26/h2-8H,9H2,1H3,(H,20,23)/b14-6+. The molecule has 4 rings (SSSR count). The number of carbonyl (C=O) groups excluding carboxylic acids is 2. The Balaban J connectivity index is 1.67. The van der Waals surface area contributed by atoms with Crippen LogP contribution in [0.15, 0.2) is 47.1 Å². The normalized spacial score (nSPS) is 15.8. The van der Waals surface area contributed by atoms with Crippen LogP contribution >= 0.6 is 0 Å². The summed E-state index contributed by atoms with van der Waals surface area (Å²) in [5, 5.41) is 14.0. The first kappa shape index (κ1) is 18.2. The van der Waals surface area contributed by atoms with E-state index in [1.165, 1.54) is 25.1 Å². The Morgan fingerprint density at radius 3 is 2.55 bits per heavy atom. The van der Waals surface area contributed by atoms with E-state index < -0.39 is 10.9 Å². The zero-order chi connectivity index (χ0) is 20.5. The summed E-state index contributed by atoms with van der Waals surface area (Å²) in [6.07, 6.45) is 1.26. The van der Waals surface area contributed by atoms with Gasteiger partial charge < -0.3 is 19.5 Å². The number of cyclic esters (lactones) is 1. The van der Waals surface area contributed by atoms with E-state index >= 15 is 0 Å². The van der Waals surface area contributed by atoms with Gasteiger partial charge in [0.1, 0.15) is 0 Å². The van der Waals surface area contributed by atoms with E-state index in [-0.39, 0.29) is 41.3 Å². The molecule has 0 bridgehead atoms. The number of nitrogens with zero attached hydrogens (tertiary/aromatic N) is 2. The van der Waals surface area contributed by atoms with Crippen molar-refractivity contribution in [3.8, 4) is 11.5 Å². The van der Waals surface area contributed by atoms with Crippen molar-refractivity contribution in [3.05, 3.63) is 63.3 Å². The van der Waals surface area contributed by atoms with Gasteiger partial charge in [-0.3, -0.25) is 14.9 Å². The third kappa shape index (κ3) is 3.63. The second-order valence-electron chi connectivity index (χ2n) is 6.12. The Morgan fingerprint density at radius 2 is 1.90 bits per heavy atom. The summed E-state index contributed by atoms with van der Waals surface area (Å²) >= 11 is 0. The number of anilines is 1. The maximum Gasteiger partial charge on any atom is 0.363 e. The molecule has 0 spiro atoms. The highest BCUT2D eigenvalue weighted by molar-refractivity contribution is 6.13. The number of esters is 1. The predicted molar refractivity (Wildman–Crippen MR) is 101 cm³/mol. The van der Waals surface area contributed by atoms with Gasteiger partial charge in [-0.1, -0.05) is 0 Å². The molecule has 0 unspecified atom stereocenters. The number of carbonyl (C=O) groups is 2. The third-order valence-electron chi connectivity index (χ3n) is 4.08. The molecule has 2 aromatic carbocycles. The number of amides is 1. The lowest BCUT2D eigenvalue weighted by molar-refractivity contribution is -0.385. The molecule has 0 fully saturated rings. The molecule has 2 heterocycles. The van der Waals surface area contributed by atoms with Crippen molar-refractivity contribution in [2.24, 2.45) is 4.99 Å². The maximum atomic E-state index is 12.2. The van der Waals surface area contributed by atoms with Gasteiger partial charge in [-0.05, 0) is 36.4 Å². The lowest BCUT2D eigenvalue weighted by atomic mass is 10.1. The molecule has 10 heteroatoms. The molecule has 0 radical (unpaired) electrons. The Bertz CT molecular complexity index is 1100. The fourth-order valence-corrected chi connectivity index (χ4v) is 2.80. The number of aliphatic imine (C=N–C) groups is 1. The Hall–Kier alpha value is -4.21. The van der Waals surface area contributed by atoms with Crippen LogP contribution in [0, 0.1) is 10.1 Å². The summed E-state index contributed by atoms with van der Waals surface area (Å²) in [4.78, 5) is 38.2. The summed E-state index contributed by atoms with van der Waals surface area (Å²) in [6.45, 7) is 1.36. The van der Waals surface area contributed by atoms with E-state index in [0.29, 0.717) is 17.0 Å². The molecule has 29 heavy (non-hydrogen) atoms. The minimum Gasteiger partial charge on any atom is -0.454 e. The van der Waals surface area contributed by atoms with Gasteiger partial charge in [-0.15, -0.1) is 0 Å². The van der Waals surface area contributed by atoms with Gasteiger partial charge in [-0.2, -0.15) is 0 Å². The van der Waals surface area contributed by atoms with Gasteiger partial charge in [-0.25, -0.2) is 9.79 Å². The largest absolute Gasteiger partial charge is 0.454 e. The van der Waals surface area contributed by atoms with Crippen molar-refractivity contribution in [3.63, 3.8) is 0 Å². The maximum absolute atomic E-state index is 12.2. The minimum absolute atomic E-state index is 0.0364. The first-order chi connectivity index (χ1) is 13.9. The average Bonchev–Trinajstić information content (AvgIpc) is 3.27. The predicted octanol–water partition coefficient (Wildman–Crippen LogP) is 2.63. The molecule has 2 aliphatic rings. The number of rotatable bonds is 4. The minimum atomic E-state index is -0.738. The van der Waals surface area contributed by atoms with Gasteiger partial charge in [0.15, 0.2) is 17.2 Å². The van der Waals surface area contributed by atoms with Crippen LogP contribution < -0.4 is 14.8 Å². The molecular formula is C19H13N3O7. The van der Waals surface area contributed by atoms with Crippen molar-refractivity contribution >= 4 is 35.2 Å². The smallest absolute Gasteiger partial charge is 0.363 e. The lowest BCUT2D eigenvalue weighted by Gasteiger charge is -2.03. The number of hydrogen-bond donors (Lipinski definition) is 1. The van der Waals surface area contributed by atoms with Crippen LogP contribution in [-0.2, 0) is 14.3 Å². The van der Waals surface area contributed by atoms with Crippen LogP contribution in [0.3, 0.4) is 0 Å². The molecule has 2 aliphatic heterocycles. The van der Waals surface area contributed by atoms with Crippen molar-refractivity contribution in [2.45, 2.75) is 6.92 Å². The summed E-state index contributed by atoms with van der Waals surface area (Å²) < 4.78 is 15.6. The van der Waals surface area contributed by atoms with Crippen LogP contribution in [0.5, 0.6) is 11.5 Å². The molecular weight excluding hydrogens is 382 g/mol. The summed E-state index contributed by atoms with van der Waals surface area (Å²) in [7, 11) is 0. The van der Waals surface area contributed by atoms with E-state index in [0.717, 1.165) is 0 Å². The van der Waals surface area contributed by atoms with Gasteiger partial charge in [0.05, 0.1) is 16.6 Å². The van der Waals surface area contributed by atoms with Crippen LogP contribution in [0.1, 0.15) is 18.1 Å². The highest BCUT2D eigenvalue weighted by Gasteiger charge is 2.27. The second kappa shape index (κ2) is 7.08. The molecule has 0 aliphatic carbocycles. The van der Waals surface area contributed by atoms with Crippen LogP contribution in [0.25, 0.3) is 6.08 Å². The van der Waals surface area contributed by atoms with E-state index in [2.05, 4.69) is 10.3 Å². The fourth-order valence-electron chi connectivity index (χ4n) is 2.80.